The van der Waals surface area contributed by atoms with Crippen LogP contribution in [-0.2, 0) is 0 Å². The van der Waals surface area contributed by atoms with Crippen molar-refractivity contribution >= 4 is 5.84 Å². The first-order valence-electron chi connectivity index (χ1n) is 4.66. The third-order valence-electron chi connectivity index (χ3n) is 1.64. The predicted molar refractivity (Wildman–Crippen MR) is 55.7 cm³/mol. The molecule has 1 unspecified atom stereocenters. The highest BCUT2D eigenvalue weighted by atomic mass is 19.4. The lowest BCUT2D eigenvalue weighted by molar-refractivity contribution is -0.118. The molecule has 0 spiro atoms. The summed E-state index contributed by atoms with van der Waals surface area (Å²) in [6.45, 7) is 3.57. The van der Waals surface area contributed by atoms with E-state index in [2.05, 4.69) is 15.6 Å². The van der Waals surface area contributed by atoms with Gasteiger partial charge >= 0.3 is 6.18 Å². The Bertz CT molecular complexity index is 274. The summed E-state index contributed by atoms with van der Waals surface area (Å²) in [7, 11) is 0. The van der Waals surface area contributed by atoms with Gasteiger partial charge in [0, 0.05) is 5.70 Å². The molecule has 0 heterocycles. The Morgan fingerprint density at radius 2 is 1.94 bits per heavy atom. The van der Waals surface area contributed by atoms with Crippen LogP contribution in [0.4, 0.5) is 13.2 Å². The number of halogens is 3. The molecule has 7 heteroatoms. The van der Waals surface area contributed by atoms with Crippen molar-refractivity contribution in [3.05, 3.63) is 11.8 Å². The first-order valence-corrected chi connectivity index (χ1v) is 4.66. The van der Waals surface area contributed by atoms with Crippen LogP contribution in [0.25, 0.3) is 0 Å². The van der Waals surface area contributed by atoms with Gasteiger partial charge in [-0.25, -0.2) is 0 Å². The smallest absolute Gasteiger partial charge is 0.357 e. The second-order valence-corrected chi connectivity index (χ2v) is 3.18. The second-order valence-electron chi connectivity index (χ2n) is 3.18. The predicted octanol–water partition coefficient (Wildman–Crippen LogP) is 1.35. The molecule has 0 aliphatic carbocycles. The quantitative estimate of drug-likeness (QED) is 0.394. The molecule has 0 radical (unpaired) electrons. The molecule has 16 heavy (non-hydrogen) atoms. The minimum atomic E-state index is -4.33. The van der Waals surface area contributed by atoms with Crippen molar-refractivity contribution in [3.63, 3.8) is 0 Å². The third-order valence-corrected chi connectivity index (χ3v) is 1.64. The van der Waals surface area contributed by atoms with E-state index in [1.54, 1.807) is 19.9 Å². The molecule has 0 fully saturated rings. The Labute approximate surface area is 92.3 Å². The van der Waals surface area contributed by atoms with E-state index in [0.717, 1.165) is 0 Å². The molecule has 94 valence electrons. The summed E-state index contributed by atoms with van der Waals surface area (Å²) in [5.41, 5.74) is 0.698. The van der Waals surface area contributed by atoms with Crippen LogP contribution in [0, 0.1) is 0 Å². The molecular weight excluding hydrogens is 223 g/mol. The van der Waals surface area contributed by atoms with Gasteiger partial charge in [0.25, 0.3) is 0 Å². The minimum absolute atomic E-state index is 0.0150. The topological polar surface area (TPSA) is 56.6 Å². The van der Waals surface area contributed by atoms with Gasteiger partial charge < -0.3 is 15.7 Å². The van der Waals surface area contributed by atoms with Gasteiger partial charge in [-0.3, -0.25) is 4.99 Å². The number of alkyl halides is 3. The second kappa shape index (κ2) is 6.37. The van der Waals surface area contributed by atoms with Crippen LogP contribution in [0.15, 0.2) is 16.8 Å². The number of rotatable bonds is 4. The zero-order chi connectivity index (χ0) is 12.8. The Hall–Kier alpha value is -1.24. The maximum absolute atomic E-state index is 11.8. The average Bonchev–Trinajstić information content (AvgIpc) is 2.13. The van der Waals surface area contributed by atoms with E-state index < -0.39 is 19.1 Å². The minimum Gasteiger partial charge on any atom is -0.357 e. The maximum Gasteiger partial charge on any atom is 0.408 e. The molecule has 0 aliphatic heterocycles. The molecule has 0 saturated carbocycles. The molecule has 3 N–H and O–H groups in total. The van der Waals surface area contributed by atoms with E-state index in [4.69, 9.17) is 0 Å². The summed E-state index contributed by atoms with van der Waals surface area (Å²) in [6, 6.07) is 0. The van der Waals surface area contributed by atoms with E-state index >= 15 is 0 Å². The number of nitrogens with zero attached hydrogens (tertiary/aromatic N) is 1. The van der Waals surface area contributed by atoms with Crippen molar-refractivity contribution in [2.75, 3.05) is 6.54 Å². The summed E-state index contributed by atoms with van der Waals surface area (Å²) in [4.78, 5) is 3.23. The van der Waals surface area contributed by atoms with Crippen molar-refractivity contribution in [1.82, 2.24) is 10.6 Å². The summed E-state index contributed by atoms with van der Waals surface area (Å²) in [5.74, 6) is 0.0150. The standard InChI is InChI=1S/C9H16F3N3O/c1-4-6(2)14-8(16)15-7(3)13-5-9(10,11)12/h4,8,14,16H,5H2,1-3H3,(H,13,15)/b6-4+. The van der Waals surface area contributed by atoms with E-state index in [1.165, 1.54) is 6.92 Å². The normalized spacial score (nSPS) is 15.9. The molecule has 0 saturated heterocycles. The molecule has 0 amide bonds. The first kappa shape index (κ1) is 14.8. The molecular formula is C9H16F3N3O. The van der Waals surface area contributed by atoms with E-state index in [1.807, 2.05) is 0 Å². The number of allylic oxidation sites excluding steroid dienone is 2. The lowest BCUT2D eigenvalue weighted by Crippen LogP contribution is -2.43. The van der Waals surface area contributed by atoms with Crippen molar-refractivity contribution in [1.29, 1.82) is 0 Å². The lowest BCUT2D eigenvalue weighted by atomic mass is 10.4. The number of amidine groups is 1. The Morgan fingerprint density at radius 1 is 1.38 bits per heavy atom. The summed E-state index contributed by atoms with van der Waals surface area (Å²) in [5, 5.41) is 14.3. The van der Waals surface area contributed by atoms with Crippen molar-refractivity contribution in [2.45, 2.75) is 33.3 Å². The van der Waals surface area contributed by atoms with Crippen molar-refractivity contribution in [3.8, 4) is 0 Å². The highest BCUT2D eigenvalue weighted by molar-refractivity contribution is 5.79. The maximum atomic E-state index is 11.8. The SMILES string of the molecule is C/C=C(\C)NC(O)NC(C)=NCC(F)(F)F. The van der Waals surface area contributed by atoms with Crippen LogP contribution in [0.3, 0.4) is 0 Å². The van der Waals surface area contributed by atoms with Gasteiger partial charge in [-0.15, -0.1) is 0 Å². The molecule has 0 rings (SSSR count). The average molecular weight is 239 g/mol. The fourth-order valence-corrected chi connectivity index (χ4v) is 0.787. The highest BCUT2D eigenvalue weighted by Crippen LogP contribution is 2.14. The van der Waals surface area contributed by atoms with Crippen molar-refractivity contribution in [2.24, 2.45) is 4.99 Å². The summed E-state index contributed by atoms with van der Waals surface area (Å²) < 4.78 is 35.4. The van der Waals surface area contributed by atoms with E-state index in [-0.39, 0.29) is 5.84 Å². The summed E-state index contributed by atoms with van der Waals surface area (Å²) >= 11 is 0. The zero-order valence-electron chi connectivity index (χ0n) is 9.39. The fraction of sp³-hybridized carbons (Fsp3) is 0.667. The largest absolute Gasteiger partial charge is 0.408 e. The molecule has 0 bridgehead atoms. The van der Waals surface area contributed by atoms with Gasteiger partial charge in [0.2, 0.25) is 6.35 Å². The van der Waals surface area contributed by atoms with Crippen LogP contribution in [0.5, 0.6) is 0 Å². The molecule has 0 aliphatic rings. The monoisotopic (exact) mass is 239 g/mol. The third kappa shape index (κ3) is 8.10. The van der Waals surface area contributed by atoms with E-state index in [0.29, 0.717) is 5.70 Å². The Kier molecular flexibility index (Phi) is 5.87. The van der Waals surface area contributed by atoms with Gasteiger partial charge in [-0.1, -0.05) is 6.08 Å². The number of hydrogen-bond donors (Lipinski definition) is 3. The number of hydrogen-bond acceptors (Lipinski definition) is 3. The fourth-order valence-electron chi connectivity index (χ4n) is 0.787. The molecule has 1 atom stereocenters. The zero-order valence-corrected chi connectivity index (χ0v) is 9.39. The van der Waals surface area contributed by atoms with Crippen molar-refractivity contribution < 1.29 is 18.3 Å². The lowest BCUT2D eigenvalue weighted by Gasteiger charge is -2.16. The molecule has 0 aromatic heterocycles. The molecule has 0 aromatic carbocycles. The van der Waals surface area contributed by atoms with Gasteiger partial charge in [-0.2, -0.15) is 13.2 Å². The first-order chi connectivity index (χ1) is 7.24. The highest BCUT2D eigenvalue weighted by Gasteiger charge is 2.26. The van der Waals surface area contributed by atoms with Gasteiger partial charge in [0.05, 0.1) is 5.84 Å². The Balaban J connectivity index is 4.09. The number of aliphatic hydroxyl groups excluding tert-OH is 1. The van der Waals surface area contributed by atoms with Crippen LogP contribution < -0.4 is 10.6 Å². The Morgan fingerprint density at radius 3 is 2.38 bits per heavy atom. The van der Waals surface area contributed by atoms with Gasteiger partial charge in [0.15, 0.2) is 0 Å². The number of aliphatic imine (C=N–C) groups is 1. The van der Waals surface area contributed by atoms with Gasteiger partial charge in [-0.05, 0) is 20.8 Å². The van der Waals surface area contributed by atoms with Crippen LogP contribution in [0.2, 0.25) is 0 Å². The molecule has 0 aromatic rings. The molecule has 4 nitrogen and oxygen atoms in total. The summed E-state index contributed by atoms with van der Waals surface area (Å²) in [6.07, 6.45) is -3.78. The number of aliphatic hydroxyl groups is 1. The van der Waals surface area contributed by atoms with E-state index in [9.17, 15) is 18.3 Å². The van der Waals surface area contributed by atoms with Crippen LogP contribution in [-0.4, -0.2) is 30.0 Å². The van der Waals surface area contributed by atoms with Gasteiger partial charge in [0.1, 0.15) is 6.54 Å². The van der Waals surface area contributed by atoms with Crippen LogP contribution in [0.1, 0.15) is 20.8 Å². The number of nitrogens with one attached hydrogen (secondary N) is 2. The van der Waals surface area contributed by atoms with Crippen LogP contribution >= 0.6 is 0 Å².